The standard InChI is InChI=1S/C14H18O2/c1-7(15)16-12-6-10-5-11(12)14-9-3-2-8(4-9)13(10)14/h2-3,8-14H,4-6H2,1H3/t8-,9-,10-,11-,12-,13+,14+/m0/s1. The van der Waals surface area contributed by atoms with E-state index in [1.165, 1.54) is 12.8 Å². The first-order valence-electron chi connectivity index (χ1n) is 6.59. The highest BCUT2D eigenvalue weighted by atomic mass is 16.5. The van der Waals surface area contributed by atoms with Gasteiger partial charge < -0.3 is 4.74 Å². The molecule has 0 aromatic carbocycles. The van der Waals surface area contributed by atoms with Crippen molar-refractivity contribution in [3.63, 3.8) is 0 Å². The van der Waals surface area contributed by atoms with Crippen molar-refractivity contribution in [3.05, 3.63) is 12.2 Å². The van der Waals surface area contributed by atoms with E-state index < -0.39 is 0 Å². The highest BCUT2D eigenvalue weighted by molar-refractivity contribution is 5.66. The highest BCUT2D eigenvalue weighted by Crippen LogP contribution is 2.65. The third kappa shape index (κ3) is 1.01. The Morgan fingerprint density at radius 2 is 1.88 bits per heavy atom. The first kappa shape index (κ1) is 9.26. The van der Waals surface area contributed by atoms with Gasteiger partial charge >= 0.3 is 5.97 Å². The van der Waals surface area contributed by atoms with Gasteiger partial charge in [0.15, 0.2) is 0 Å². The van der Waals surface area contributed by atoms with E-state index in [0.717, 1.165) is 36.0 Å². The van der Waals surface area contributed by atoms with Crippen molar-refractivity contribution in [1.82, 2.24) is 0 Å². The number of rotatable bonds is 1. The molecule has 0 heterocycles. The maximum atomic E-state index is 11.1. The van der Waals surface area contributed by atoms with Crippen molar-refractivity contribution in [3.8, 4) is 0 Å². The smallest absolute Gasteiger partial charge is 0.302 e. The Morgan fingerprint density at radius 1 is 1.12 bits per heavy atom. The lowest BCUT2D eigenvalue weighted by atomic mass is 9.72. The molecule has 2 heteroatoms. The lowest BCUT2D eigenvalue weighted by molar-refractivity contribution is -0.150. The van der Waals surface area contributed by atoms with Crippen molar-refractivity contribution >= 4 is 5.97 Å². The van der Waals surface area contributed by atoms with Crippen LogP contribution in [-0.2, 0) is 9.53 Å². The second-order valence-corrected chi connectivity index (χ2v) is 6.15. The van der Waals surface area contributed by atoms with Gasteiger partial charge in [0.25, 0.3) is 0 Å². The molecular weight excluding hydrogens is 200 g/mol. The molecule has 0 aromatic heterocycles. The summed E-state index contributed by atoms with van der Waals surface area (Å²) in [6.07, 6.45) is 8.97. The van der Waals surface area contributed by atoms with Crippen LogP contribution in [0.2, 0.25) is 0 Å². The largest absolute Gasteiger partial charge is 0.462 e. The molecule has 0 aromatic rings. The summed E-state index contributed by atoms with van der Waals surface area (Å²) < 4.78 is 5.50. The minimum atomic E-state index is -0.0900. The Hall–Kier alpha value is -0.790. The summed E-state index contributed by atoms with van der Waals surface area (Å²) in [6, 6.07) is 0. The first-order chi connectivity index (χ1) is 7.74. The van der Waals surface area contributed by atoms with E-state index in [1.807, 2.05) is 0 Å². The minimum absolute atomic E-state index is 0.0900. The maximum absolute atomic E-state index is 11.1. The van der Waals surface area contributed by atoms with Crippen molar-refractivity contribution in [2.24, 2.45) is 35.5 Å². The van der Waals surface area contributed by atoms with Gasteiger partial charge in [-0.05, 0) is 54.8 Å². The van der Waals surface area contributed by atoms with Gasteiger partial charge in [-0.25, -0.2) is 0 Å². The predicted octanol–water partition coefficient (Wildman–Crippen LogP) is 2.40. The normalized spacial score (nSPS) is 55.7. The van der Waals surface area contributed by atoms with Crippen molar-refractivity contribution < 1.29 is 9.53 Å². The molecule has 86 valence electrons. The van der Waals surface area contributed by atoms with Gasteiger partial charge in [-0.1, -0.05) is 12.2 Å². The van der Waals surface area contributed by atoms with E-state index in [9.17, 15) is 4.79 Å². The summed E-state index contributed by atoms with van der Waals surface area (Å²) in [5, 5.41) is 0. The molecule has 3 saturated carbocycles. The number of hydrogen-bond donors (Lipinski definition) is 0. The van der Waals surface area contributed by atoms with Gasteiger partial charge in [0.2, 0.25) is 0 Å². The highest BCUT2D eigenvalue weighted by Gasteiger charge is 2.61. The summed E-state index contributed by atoms with van der Waals surface area (Å²) in [6.45, 7) is 1.55. The molecule has 16 heavy (non-hydrogen) atoms. The number of carbonyl (C=O) groups is 1. The molecule has 4 rings (SSSR count). The van der Waals surface area contributed by atoms with Crippen LogP contribution in [0.4, 0.5) is 0 Å². The third-order valence-electron chi connectivity index (χ3n) is 5.53. The van der Waals surface area contributed by atoms with E-state index in [2.05, 4.69) is 12.2 Å². The summed E-state index contributed by atoms with van der Waals surface area (Å²) >= 11 is 0. The minimum Gasteiger partial charge on any atom is -0.462 e. The Bertz CT molecular complexity index is 373. The molecule has 4 aliphatic carbocycles. The Morgan fingerprint density at radius 3 is 2.62 bits per heavy atom. The fraction of sp³-hybridized carbons (Fsp3) is 0.786. The lowest BCUT2D eigenvalue weighted by Gasteiger charge is -2.36. The molecule has 0 N–H and O–H groups in total. The number of carbonyl (C=O) groups excluding carboxylic acids is 1. The number of esters is 1. The van der Waals surface area contributed by atoms with Crippen molar-refractivity contribution in [1.29, 1.82) is 0 Å². The van der Waals surface area contributed by atoms with Crippen LogP contribution in [0.25, 0.3) is 0 Å². The zero-order chi connectivity index (χ0) is 10.9. The number of hydrogen-bond acceptors (Lipinski definition) is 2. The fourth-order valence-electron chi connectivity index (χ4n) is 5.30. The number of fused-ring (bicyclic) bond motifs is 9. The Labute approximate surface area is 96.0 Å². The van der Waals surface area contributed by atoms with E-state index in [-0.39, 0.29) is 12.1 Å². The molecule has 0 amide bonds. The van der Waals surface area contributed by atoms with Crippen LogP contribution in [0, 0.1) is 35.5 Å². The first-order valence-corrected chi connectivity index (χ1v) is 6.59. The summed E-state index contributed by atoms with van der Waals surface area (Å²) in [5.41, 5.74) is 0. The summed E-state index contributed by atoms with van der Waals surface area (Å²) in [5.74, 6) is 4.89. The molecule has 7 atom stereocenters. The van der Waals surface area contributed by atoms with Crippen LogP contribution in [0.1, 0.15) is 26.2 Å². The van der Waals surface area contributed by atoms with Gasteiger partial charge in [0, 0.05) is 6.92 Å². The van der Waals surface area contributed by atoms with Crippen LogP contribution in [-0.4, -0.2) is 12.1 Å². The second-order valence-electron chi connectivity index (χ2n) is 6.15. The summed E-state index contributed by atoms with van der Waals surface area (Å²) in [7, 11) is 0. The average molecular weight is 218 g/mol. The molecule has 0 spiro atoms. The van der Waals surface area contributed by atoms with Gasteiger partial charge in [0.05, 0.1) is 0 Å². The predicted molar refractivity (Wildman–Crippen MR) is 59.5 cm³/mol. The monoisotopic (exact) mass is 218 g/mol. The molecule has 2 nitrogen and oxygen atoms in total. The topological polar surface area (TPSA) is 26.3 Å². The Balaban J connectivity index is 1.61. The molecule has 4 aliphatic rings. The van der Waals surface area contributed by atoms with Crippen LogP contribution in [0.3, 0.4) is 0 Å². The quantitative estimate of drug-likeness (QED) is 0.384. The van der Waals surface area contributed by atoms with Gasteiger partial charge in [-0.2, -0.15) is 0 Å². The van der Waals surface area contributed by atoms with Crippen LogP contribution >= 0.6 is 0 Å². The molecule has 4 bridgehead atoms. The second kappa shape index (κ2) is 2.91. The SMILES string of the molecule is CC(=O)O[C@H]1C[C@@H]2C[C@@H]1[C@@H]1[C@@H]2[C@H]2C=C[C@H]1C2. The van der Waals surface area contributed by atoms with Crippen molar-refractivity contribution in [2.45, 2.75) is 32.3 Å². The maximum Gasteiger partial charge on any atom is 0.302 e. The van der Waals surface area contributed by atoms with Crippen LogP contribution < -0.4 is 0 Å². The number of allylic oxidation sites excluding steroid dienone is 2. The molecule has 0 unspecified atom stereocenters. The van der Waals surface area contributed by atoms with E-state index in [1.54, 1.807) is 6.92 Å². The number of ether oxygens (including phenoxy) is 1. The third-order valence-corrected chi connectivity index (χ3v) is 5.53. The Kier molecular flexibility index (Phi) is 1.68. The molecule has 0 radical (unpaired) electrons. The van der Waals surface area contributed by atoms with E-state index in [0.29, 0.717) is 5.92 Å². The molecule has 0 saturated heterocycles. The van der Waals surface area contributed by atoms with Crippen LogP contribution in [0.15, 0.2) is 12.2 Å². The molecule has 3 fully saturated rings. The zero-order valence-electron chi connectivity index (χ0n) is 9.63. The van der Waals surface area contributed by atoms with Crippen molar-refractivity contribution in [2.75, 3.05) is 0 Å². The van der Waals surface area contributed by atoms with Crippen LogP contribution in [0.5, 0.6) is 0 Å². The zero-order valence-corrected chi connectivity index (χ0v) is 9.63. The van der Waals surface area contributed by atoms with Gasteiger partial charge in [-0.15, -0.1) is 0 Å². The molecular formula is C14H18O2. The summed E-state index contributed by atoms with van der Waals surface area (Å²) in [4.78, 5) is 11.1. The van der Waals surface area contributed by atoms with Gasteiger partial charge in [0.1, 0.15) is 6.10 Å². The average Bonchev–Trinajstić information content (AvgIpc) is 2.93. The molecule has 0 aliphatic heterocycles. The van der Waals surface area contributed by atoms with Gasteiger partial charge in [-0.3, -0.25) is 4.79 Å². The van der Waals surface area contributed by atoms with E-state index in [4.69, 9.17) is 4.74 Å². The lowest BCUT2D eigenvalue weighted by Crippen LogP contribution is -2.35. The van der Waals surface area contributed by atoms with E-state index >= 15 is 0 Å². The fourth-order valence-corrected chi connectivity index (χ4v) is 5.30.